The van der Waals surface area contributed by atoms with Gasteiger partial charge in [0.2, 0.25) is 0 Å². The molecule has 3 rings (SSSR count). The van der Waals surface area contributed by atoms with Crippen molar-refractivity contribution in [1.29, 1.82) is 0 Å². The second-order valence-electron chi connectivity index (χ2n) is 8.48. The van der Waals surface area contributed by atoms with Gasteiger partial charge in [-0.25, -0.2) is 30.0 Å². The molecule has 0 heterocycles. The van der Waals surface area contributed by atoms with Crippen molar-refractivity contribution in [2.24, 2.45) is 0 Å². The predicted molar refractivity (Wildman–Crippen MR) is 141 cm³/mol. The summed E-state index contributed by atoms with van der Waals surface area (Å²) in [5, 5.41) is -2.53. The summed E-state index contributed by atoms with van der Waals surface area (Å²) in [6.07, 6.45) is 1.60. The zero-order valence-electron chi connectivity index (χ0n) is 20.3. The van der Waals surface area contributed by atoms with Crippen molar-refractivity contribution in [2.45, 2.75) is 60.1 Å². The minimum atomic E-state index is -3.84. The molecule has 2 atom stereocenters. The predicted octanol–water partition coefficient (Wildman–Crippen LogP) is 5.33. The largest absolute Gasteiger partial charge is 0.329 e. The van der Waals surface area contributed by atoms with Crippen molar-refractivity contribution >= 4 is 19.7 Å². The van der Waals surface area contributed by atoms with Crippen LogP contribution in [-0.4, -0.2) is 27.6 Å². The van der Waals surface area contributed by atoms with E-state index in [-0.39, 0.29) is 22.6 Å². The molecule has 0 spiro atoms. The van der Waals surface area contributed by atoms with Gasteiger partial charge in [0.15, 0.2) is 0 Å². The second-order valence-corrected chi connectivity index (χ2v) is 12.7. The molecule has 0 N–H and O–H groups in total. The Morgan fingerprint density at radius 3 is 1.08 bits per heavy atom. The van der Waals surface area contributed by atoms with Crippen LogP contribution >= 0.6 is 0 Å². The summed E-state index contributed by atoms with van der Waals surface area (Å²) in [7, 11) is -7.67. The summed E-state index contributed by atoms with van der Waals surface area (Å²) in [6, 6.07) is 19.9. The van der Waals surface area contributed by atoms with Gasteiger partial charge in [0.25, 0.3) is 19.7 Å². The van der Waals surface area contributed by atoms with Gasteiger partial charge in [-0.2, -0.15) is 0 Å². The highest BCUT2D eigenvalue weighted by Gasteiger charge is 2.34. The molecule has 3 aromatic rings. The molecular weight excluding hydrogens is 492 g/mol. The van der Waals surface area contributed by atoms with Crippen LogP contribution in [0.4, 0.5) is 0 Å². The van der Waals surface area contributed by atoms with Crippen molar-refractivity contribution in [3.63, 3.8) is 0 Å². The third kappa shape index (κ3) is 6.02. The number of hydrogen-bond acceptors (Lipinski definition) is 4. The Kier molecular flexibility index (Phi) is 8.68. The van der Waals surface area contributed by atoms with Gasteiger partial charge in [0, 0.05) is 0 Å². The van der Waals surface area contributed by atoms with E-state index in [1.807, 2.05) is 13.8 Å². The molecule has 36 heavy (non-hydrogen) atoms. The number of benzene rings is 3. The molecule has 2 unspecified atom stereocenters. The molecule has 0 saturated heterocycles. The van der Waals surface area contributed by atoms with Gasteiger partial charge in [-0.3, -0.25) is 9.69 Å². The van der Waals surface area contributed by atoms with Crippen molar-refractivity contribution < 1.29 is 16.8 Å². The SMILES string of the molecule is [C-]#[N+]C(Cc1ccc(CC([N+]#[C-])S(=O)(=O)c2ccc(CC)cc2)cc1)S(=O)(=O)c1ccc(CC)cc1. The van der Waals surface area contributed by atoms with E-state index in [9.17, 15) is 16.8 Å². The Hall–Kier alpha value is -3.46. The van der Waals surface area contributed by atoms with Crippen LogP contribution in [0.3, 0.4) is 0 Å². The van der Waals surface area contributed by atoms with Crippen LogP contribution in [0.2, 0.25) is 0 Å². The minimum absolute atomic E-state index is 0.00989. The van der Waals surface area contributed by atoms with Crippen LogP contribution in [0, 0.1) is 13.1 Å². The topological polar surface area (TPSA) is 77.0 Å². The fraction of sp³-hybridized carbons (Fsp3) is 0.286. The van der Waals surface area contributed by atoms with E-state index < -0.39 is 30.4 Å². The van der Waals surface area contributed by atoms with Crippen molar-refractivity contribution in [3.05, 3.63) is 118 Å². The highest BCUT2D eigenvalue weighted by atomic mass is 32.2. The van der Waals surface area contributed by atoms with Gasteiger partial charge in [0.1, 0.15) is 0 Å². The van der Waals surface area contributed by atoms with Gasteiger partial charge in [-0.15, -0.1) is 0 Å². The molecule has 0 bridgehead atoms. The fourth-order valence-corrected chi connectivity index (χ4v) is 6.57. The number of aryl methyl sites for hydroxylation is 2. The summed E-state index contributed by atoms with van der Waals surface area (Å²) in [6.45, 7) is 18.9. The molecule has 3 aromatic carbocycles. The molecule has 8 heteroatoms. The molecule has 0 aliphatic rings. The van der Waals surface area contributed by atoms with Crippen LogP contribution in [0.5, 0.6) is 0 Å². The van der Waals surface area contributed by atoms with E-state index >= 15 is 0 Å². The Morgan fingerprint density at radius 2 is 0.833 bits per heavy atom. The van der Waals surface area contributed by atoms with Crippen molar-refractivity contribution in [3.8, 4) is 0 Å². The first-order chi connectivity index (χ1) is 17.1. The summed E-state index contributed by atoms with van der Waals surface area (Å²) < 4.78 is 52.0. The zero-order chi connectivity index (χ0) is 26.3. The van der Waals surface area contributed by atoms with E-state index in [0.717, 1.165) is 24.0 Å². The summed E-state index contributed by atoms with van der Waals surface area (Å²) >= 11 is 0. The first-order valence-electron chi connectivity index (χ1n) is 11.6. The first kappa shape index (κ1) is 27.1. The molecular formula is C28H28N2O4S2. The summed E-state index contributed by atoms with van der Waals surface area (Å²) in [4.78, 5) is 7.00. The normalized spacial score (nSPS) is 13.3. The van der Waals surface area contributed by atoms with Gasteiger partial charge in [0.05, 0.1) is 22.6 Å². The lowest BCUT2D eigenvalue weighted by molar-refractivity contribution is 0.585. The van der Waals surface area contributed by atoms with Gasteiger partial charge >= 0.3 is 10.7 Å². The lowest BCUT2D eigenvalue weighted by Gasteiger charge is -2.11. The van der Waals surface area contributed by atoms with Crippen LogP contribution in [0.15, 0.2) is 82.6 Å². The van der Waals surface area contributed by atoms with Crippen LogP contribution in [0.25, 0.3) is 9.69 Å². The monoisotopic (exact) mass is 520 g/mol. The molecule has 0 aliphatic heterocycles. The number of rotatable bonds is 10. The van der Waals surface area contributed by atoms with E-state index in [1.54, 1.807) is 48.5 Å². The van der Waals surface area contributed by atoms with E-state index in [1.165, 1.54) is 24.3 Å². The maximum atomic E-state index is 13.0. The van der Waals surface area contributed by atoms with E-state index in [0.29, 0.717) is 11.1 Å². The molecule has 0 fully saturated rings. The highest BCUT2D eigenvalue weighted by molar-refractivity contribution is 7.92. The molecule has 0 aliphatic carbocycles. The van der Waals surface area contributed by atoms with Gasteiger partial charge < -0.3 is 0 Å². The lowest BCUT2D eigenvalue weighted by Crippen LogP contribution is -2.21. The molecule has 0 saturated carbocycles. The standard InChI is InChI=1S/C28H28N2O4S2/c1-5-21-11-15-25(16-12-21)35(31,32)27(29-3)19-23-7-9-24(10-8-23)20-28(30-4)36(33,34)26-17-13-22(6-2)14-18-26/h7-18,27-28H,5-6,19-20H2,1-2H3. The second kappa shape index (κ2) is 11.5. The lowest BCUT2D eigenvalue weighted by atomic mass is 10.1. The summed E-state index contributed by atoms with van der Waals surface area (Å²) in [5.41, 5.74) is 3.32. The molecule has 6 nitrogen and oxygen atoms in total. The third-order valence-electron chi connectivity index (χ3n) is 6.17. The first-order valence-corrected chi connectivity index (χ1v) is 14.7. The quantitative estimate of drug-likeness (QED) is 0.338. The van der Waals surface area contributed by atoms with E-state index in [4.69, 9.17) is 13.1 Å². The average Bonchev–Trinajstić information content (AvgIpc) is 2.90. The Labute approximate surface area is 214 Å². The summed E-state index contributed by atoms with van der Waals surface area (Å²) in [5.74, 6) is 0. The maximum Gasteiger partial charge on any atom is 0.329 e. The Morgan fingerprint density at radius 1 is 0.556 bits per heavy atom. The van der Waals surface area contributed by atoms with Gasteiger partial charge in [-0.05, 0) is 59.4 Å². The molecule has 0 amide bonds. The zero-order valence-corrected chi connectivity index (χ0v) is 21.9. The number of sulfone groups is 2. The number of nitrogens with zero attached hydrogens (tertiary/aromatic N) is 2. The van der Waals surface area contributed by atoms with Crippen molar-refractivity contribution in [1.82, 2.24) is 0 Å². The van der Waals surface area contributed by atoms with Crippen molar-refractivity contribution in [2.75, 3.05) is 0 Å². The van der Waals surface area contributed by atoms with Crippen LogP contribution in [0.1, 0.15) is 36.1 Å². The maximum absolute atomic E-state index is 13.0. The Balaban J connectivity index is 1.75. The average molecular weight is 521 g/mol. The van der Waals surface area contributed by atoms with Crippen LogP contribution in [-0.2, 0) is 45.4 Å². The molecule has 0 radical (unpaired) electrons. The third-order valence-corrected chi connectivity index (χ3v) is 10.0. The van der Waals surface area contributed by atoms with Gasteiger partial charge in [-0.1, -0.05) is 62.4 Å². The Bertz CT molecular complexity index is 1360. The fourth-order valence-electron chi connectivity index (χ4n) is 3.81. The van der Waals surface area contributed by atoms with E-state index in [2.05, 4.69) is 9.69 Å². The van der Waals surface area contributed by atoms with Crippen LogP contribution < -0.4 is 0 Å². The molecule has 186 valence electrons. The minimum Gasteiger partial charge on any atom is -0.296 e. The smallest absolute Gasteiger partial charge is 0.296 e. The highest BCUT2D eigenvalue weighted by Crippen LogP contribution is 2.24. The number of hydrogen-bond donors (Lipinski definition) is 0. The molecule has 0 aromatic heterocycles.